The van der Waals surface area contributed by atoms with Crippen molar-refractivity contribution in [1.29, 1.82) is 0 Å². The van der Waals surface area contributed by atoms with E-state index < -0.39 is 10.0 Å². The molecule has 8 heteroatoms. The van der Waals surface area contributed by atoms with Crippen molar-refractivity contribution in [2.24, 2.45) is 5.92 Å². The molecule has 0 saturated carbocycles. The van der Waals surface area contributed by atoms with Gasteiger partial charge in [-0.25, -0.2) is 8.42 Å². The number of alkyl halides is 1. The fourth-order valence-corrected chi connectivity index (χ4v) is 3.49. The van der Waals surface area contributed by atoms with Crippen molar-refractivity contribution in [3.63, 3.8) is 0 Å². The van der Waals surface area contributed by atoms with Crippen LogP contribution in [-0.2, 0) is 10.0 Å². The Morgan fingerprint density at radius 3 is 2.35 bits per heavy atom. The van der Waals surface area contributed by atoms with Crippen LogP contribution in [0.5, 0.6) is 11.5 Å². The van der Waals surface area contributed by atoms with E-state index in [1.54, 1.807) is 6.92 Å². The molecule has 114 valence electrons. The summed E-state index contributed by atoms with van der Waals surface area (Å²) in [6, 6.07) is 2.97. The largest absolute Gasteiger partial charge is 0.495 e. The van der Waals surface area contributed by atoms with Gasteiger partial charge in [-0.3, -0.25) is 4.72 Å². The summed E-state index contributed by atoms with van der Waals surface area (Å²) in [4.78, 5) is 0. The van der Waals surface area contributed by atoms with Crippen LogP contribution in [0.2, 0.25) is 5.02 Å². The molecule has 20 heavy (non-hydrogen) atoms. The topological polar surface area (TPSA) is 64.6 Å². The van der Waals surface area contributed by atoms with Crippen molar-refractivity contribution in [1.82, 2.24) is 0 Å². The van der Waals surface area contributed by atoms with E-state index in [9.17, 15) is 8.42 Å². The normalized spacial score (nSPS) is 12.8. The van der Waals surface area contributed by atoms with E-state index in [4.69, 9.17) is 32.7 Å². The lowest BCUT2D eigenvalue weighted by Crippen LogP contribution is -2.22. The van der Waals surface area contributed by atoms with Gasteiger partial charge >= 0.3 is 0 Å². The molecule has 0 aliphatic heterocycles. The van der Waals surface area contributed by atoms with E-state index in [2.05, 4.69) is 4.72 Å². The Bertz CT molecular complexity index is 563. The molecule has 5 nitrogen and oxygen atoms in total. The Labute approximate surface area is 129 Å². The molecular weight excluding hydrogens is 325 g/mol. The second-order valence-corrected chi connectivity index (χ2v) is 6.81. The van der Waals surface area contributed by atoms with E-state index in [0.717, 1.165) is 0 Å². The molecule has 0 saturated heterocycles. The van der Waals surface area contributed by atoms with E-state index in [1.165, 1.54) is 26.4 Å². The number of hydrogen-bond acceptors (Lipinski definition) is 4. The van der Waals surface area contributed by atoms with Crippen molar-refractivity contribution in [3.05, 3.63) is 17.2 Å². The second kappa shape index (κ2) is 7.24. The number of benzene rings is 1. The van der Waals surface area contributed by atoms with E-state index >= 15 is 0 Å². The van der Waals surface area contributed by atoms with Crippen LogP contribution in [-0.4, -0.2) is 34.3 Å². The van der Waals surface area contributed by atoms with Gasteiger partial charge in [0.05, 0.1) is 30.7 Å². The molecule has 1 atom stereocenters. The first-order chi connectivity index (χ1) is 9.32. The smallest absolute Gasteiger partial charge is 0.233 e. The van der Waals surface area contributed by atoms with Gasteiger partial charge in [-0.1, -0.05) is 18.5 Å². The highest BCUT2D eigenvalue weighted by Gasteiger charge is 2.18. The predicted molar refractivity (Wildman–Crippen MR) is 81.8 cm³/mol. The molecule has 0 amide bonds. The standard InChI is InChI=1S/C12H17Cl2NO4S/c1-8(6-13)7-20(16,17)15-10-4-9(14)11(18-2)5-12(10)19-3/h4-5,8,15H,6-7H2,1-3H3. The summed E-state index contributed by atoms with van der Waals surface area (Å²) in [5.74, 6) is 0.757. The summed E-state index contributed by atoms with van der Waals surface area (Å²) >= 11 is 11.6. The number of anilines is 1. The summed E-state index contributed by atoms with van der Waals surface area (Å²) in [5, 5.41) is 0.288. The minimum absolute atomic E-state index is 0.0801. The fourth-order valence-electron chi connectivity index (χ4n) is 1.57. The molecule has 1 N–H and O–H groups in total. The van der Waals surface area contributed by atoms with E-state index in [1.807, 2.05) is 0 Å². The highest BCUT2D eigenvalue weighted by Crippen LogP contribution is 2.36. The second-order valence-electron chi connectivity index (χ2n) is 4.33. The first kappa shape index (κ1) is 17.2. The van der Waals surface area contributed by atoms with Crippen LogP contribution >= 0.6 is 23.2 Å². The van der Waals surface area contributed by atoms with Crippen LogP contribution in [0, 0.1) is 5.92 Å². The molecule has 1 unspecified atom stereocenters. The number of sulfonamides is 1. The molecule has 0 aromatic heterocycles. The van der Waals surface area contributed by atoms with E-state index in [-0.39, 0.29) is 28.3 Å². The Kier molecular flexibility index (Phi) is 6.23. The van der Waals surface area contributed by atoms with Gasteiger partial charge in [0.2, 0.25) is 10.0 Å². The average Bonchev–Trinajstić information content (AvgIpc) is 2.37. The highest BCUT2D eigenvalue weighted by molar-refractivity contribution is 7.92. The maximum atomic E-state index is 12.0. The maximum absolute atomic E-state index is 12.0. The Balaban J connectivity index is 3.05. The molecule has 1 rings (SSSR count). The predicted octanol–water partition coefficient (Wildman–Crippen LogP) is 2.97. The van der Waals surface area contributed by atoms with Crippen LogP contribution < -0.4 is 14.2 Å². The van der Waals surface area contributed by atoms with Gasteiger partial charge in [-0.05, 0) is 12.0 Å². The molecule has 0 aliphatic carbocycles. The van der Waals surface area contributed by atoms with Crippen LogP contribution in [0.25, 0.3) is 0 Å². The van der Waals surface area contributed by atoms with Gasteiger partial charge in [0, 0.05) is 11.9 Å². The third-order valence-electron chi connectivity index (χ3n) is 2.51. The molecule has 0 aliphatic rings. The lowest BCUT2D eigenvalue weighted by atomic mass is 10.3. The summed E-state index contributed by atoms with van der Waals surface area (Å²) in [5.41, 5.74) is 0.264. The molecule has 0 spiro atoms. The molecule has 0 heterocycles. The zero-order chi connectivity index (χ0) is 15.3. The number of nitrogens with one attached hydrogen (secondary N) is 1. The minimum Gasteiger partial charge on any atom is -0.495 e. The zero-order valence-electron chi connectivity index (χ0n) is 11.4. The Morgan fingerprint density at radius 2 is 1.85 bits per heavy atom. The van der Waals surface area contributed by atoms with Gasteiger partial charge in [-0.15, -0.1) is 11.6 Å². The van der Waals surface area contributed by atoms with Crippen molar-refractivity contribution in [3.8, 4) is 11.5 Å². The van der Waals surface area contributed by atoms with Gasteiger partial charge in [-0.2, -0.15) is 0 Å². The minimum atomic E-state index is -3.53. The summed E-state index contributed by atoms with van der Waals surface area (Å²) in [6.45, 7) is 1.75. The van der Waals surface area contributed by atoms with Crippen LogP contribution in [0.3, 0.4) is 0 Å². The Morgan fingerprint density at radius 1 is 1.25 bits per heavy atom. The van der Waals surface area contributed by atoms with Crippen LogP contribution in [0.1, 0.15) is 6.92 Å². The number of halogens is 2. The summed E-state index contributed by atoms with van der Waals surface area (Å²) < 4.78 is 36.6. The molecule has 0 radical (unpaired) electrons. The number of ether oxygens (including phenoxy) is 2. The maximum Gasteiger partial charge on any atom is 0.233 e. The molecular formula is C12H17Cl2NO4S. The number of hydrogen-bond donors (Lipinski definition) is 1. The third kappa shape index (κ3) is 4.61. The quantitative estimate of drug-likeness (QED) is 0.774. The monoisotopic (exact) mass is 341 g/mol. The van der Waals surface area contributed by atoms with Gasteiger partial charge in [0.25, 0.3) is 0 Å². The van der Waals surface area contributed by atoms with Crippen LogP contribution in [0.15, 0.2) is 12.1 Å². The first-order valence-electron chi connectivity index (χ1n) is 5.81. The number of rotatable bonds is 7. The molecule has 1 aromatic rings. The van der Waals surface area contributed by atoms with Gasteiger partial charge < -0.3 is 9.47 Å². The van der Waals surface area contributed by atoms with Crippen LogP contribution in [0.4, 0.5) is 5.69 Å². The number of methoxy groups -OCH3 is 2. The molecule has 0 fully saturated rings. The SMILES string of the molecule is COc1cc(OC)c(NS(=O)(=O)CC(C)CCl)cc1Cl. The molecule has 0 bridgehead atoms. The van der Waals surface area contributed by atoms with Crippen molar-refractivity contribution < 1.29 is 17.9 Å². The third-order valence-corrected chi connectivity index (χ3v) is 4.87. The summed E-state index contributed by atoms with van der Waals surface area (Å²) in [6.07, 6.45) is 0. The highest BCUT2D eigenvalue weighted by atomic mass is 35.5. The molecule has 1 aromatic carbocycles. The van der Waals surface area contributed by atoms with Crippen molar-refractivity contribution in [2.45, 2.75) is 6.92 Å². The van der Waals surface area contributed by atoms with Crippen molar-refractivity contribution >= 4 is 38.9 Å². The van der Waals surface area contributed by atoms with Gasteiger partial charge in [0.15, 0.2) is 0 Å². The van der Waals surface area contributed by atoms with E-state index in [0.29, 0.717) is 11.5 Å². The summed E-state index contributed by atoms with van der Waals surface area (Å²) in [7, 11) is -0.631. The van der Waals surface area contributed by atoms with Gasteiger partial charge in [0.1, 0.15) is 11.5 Å². The lowest BCUT2D eigenvalue weighted by Gasteiger charge is -2.15. The fraction of sp³-hybridized carbons (Fsp3) is 0.500. The zero-order valence-corrected chi connectivity index (χ0v) is 13.8. The van der Waals surface area contributed by atoms with Crippen molar-refractivity contribution in [2.75, 3.05) is 30.6 Å². The average molecular weight is 342 g/mol. The lowest BCUT2D eigenvalue weighted by molar-refractivity contribution is 0.396. The Hall–Kier alpha value is -0.850. The first-order valence-corrected chi connectivity index (χ1v) is 8.37.